The zero-order chi connectivity index (χ0) is 17.5. The minimum atomic E-state index is 0.413. The predicted molar refractivity (Wildman–Crippen MR) is 107 cm³/mol. The van der Waals surface area contributed by atoms with Gasteiger partial charge in [0.05, 0.1) is 22.8 Å². The van der Waals surface area contributed by atoms with Crippen LogP contribution in [-0.4, -0.2) is 19.9 Å². The molecule has 0 radical (unpaired) electrons. The normalized spacial score (nSPS) is 12.7. The summed E-state index contributed by atoms with van der Waals surface area (Å²) in [7, 11) is 0. The van der Waals surface area contributed by atoms with Gasteiger partial charge in [0.25, 0.3) is 0 Å². The van der Waals surface area contributed by atoms with E-state index in [-0.39, 0.29) is 0 Å². The lowest BCUT2D eigenvalue weighted by Gasteiger charge is -1.97. The fraction of sp³-hybridized carbons (Fsp3) is 0.0476. The summed E-state index contributed by atoms with van der Waals surface area (Å²) in [5.74, 6) is 0. The lowest BCUT2D eigenvalue weighted by Crippen LogP contribution is -1.99. The maximum absolute atomic E-state index is 6.01. The predicted octanol–water partition coefficient (Wildman–Crippen LogP) is 4.11. The number of hydrogen-bond acceptors (Lipinski definition) is 3. The zero-order valence-corrected chi connectivity index (χ0v) is 14.0. The van der Waals surface area contributed by atoms with Gasteiger partial charge >= 0.3 is 0 Å². The van der Waals surface area contributed by atoms with Crippen LogP contribution in [0.5, 0.6) is 0 Å². The molecule has 0 spiro atoms. The summed E-state index contributed by atoms with van der Waals surface area (Å²) in [6.07, 6.45) is 8.05. The third-order valence-electron chi connectivity index (χ3n) is 4.53. The number of rotatable bonds is 1. The van der Waals surface area contributed by atoms with Crippen molar-refractivity contribution < 1.29 is 0 Å². The van der Waals surface area contributed by atoms with Crippen molar-refractivity contribution in [3.63, 3.8) is 0 Å². The molecule has 0 saturated carbocycles. The van der Waals surface area contributed by atoms with E-state index in [0.29, 0.717) is 6.54 Å². The van der Waals surface area contributed by atoms with Gasteiger partial charge in [-0.15, -0.1) is 0 Å². The topological polar surface area (TPSA) is 83.4 Å². The van der Waals surface area contributed by atoms with Crippen LogP contribution >= 0.6 is 0 Å². The average Bonchev–Trinajstić information content (AvgIpc) is 3.39. The minimum absolute atomic E-state index is 0.413. The first kappa shape index (κ1) is 14.9. The second kappa shape index (κ2) is 5.82. The number of nitrogens with one attached hydrogen (secondary N) is 2. The van der Waals surface area contributed by atoms with Crippen LogP contribution in [0.4, 0.5) is 0 Å². The summed E-state index contributed by atoms with van der Waals surface area (Å²) in [4.78, 5) is 16.2. The summed E-state index contributed by atoms with van der Waals surface area (Å²) in [5, 5.41) is 0. The first-order valence-corrected chi connectivity index (χ1v) is 8.53. The highest BCUT2D eigenvalue weighted by molar-refractivity contribution is 5.79. The molecule has 0 saturated heterocycles. The standard InChI is InChI=1S/C21H17N5/c22-12-19-20-7-5-17(25-20)10-15-3-1-13(23-15)9-14-2-4-16(24-14)11-18-6-8-21(19)26-18/h1-11,23,26H,12,22H2. The molecule has 5 heteroatoms. The van der Waals surface area contributed by atoms with E-state index in [0.717, 1.165) is 50.4 Å². The number of aromatic amines is 2. The molecular formula is C21H17N5. The van der Waals surface area contributed by atoms with E-state index < -0.39 is 0 Å². The molecule has 3 aromatic heterocycles. The Bertz CT molecular complexity index is 1220. The van der Waals surface area contributed by atoms with Crippen LogP contribution in [-0.2, 0) is 6.54 Å². The molecule has 0 aliphatic carbocycles. The summed E-state index contributed by atoms with van der Waals surface area (Å²) in [6.45, 7) is 0.413. The van der Waals surface area contributed by atoms with Gasteiger partial charge < -0.3 is 15.7 Å². The molecule has 2 aliphatic rings. The Morgan fingerprint density at radius 2 is 1.27 bits per heavy atom. The number of fused-ring (bicyclic) bond motifs is 8. The van der Waals surface area contributed by atoms with Crippen molar-refractivity contribution in [2.24, 2.45) is 5.73 Å². The maximum atomic E-state index is 6.01. The number of H-pyrrole nitrogens is 2. The van der Waals surface area contributed by atoms with E-state index in [9.17, 15) is 0 Å². The third kappa shape index (κ3) is 2.64. The van der Waals surface area contributed by atoms with Crippen molar-refractivity contribution in [1.29, 1.82) is 0 Å². The van der Waals surface area contributed by atoms with Gasteiger partial charge in [-0.25, -0.2) is 9.97 Å². The Morgan fingerprint density at radius 1 is 0.692 bits per heavy atom. The van der Waals surface area contributed by atoms with Crippen LogP contribution in [0, 0.1) is 0 Å². The lowest BCUT2D eigenvalue weighted by molar-refractivity contribution is 1.06. The van der Waals surface area contributed by atoms with Crippen LogP contribution in [0.15, 0.2) is 42.5 Å². The summed E-state index contributed by atoms with van der Waals surface area (Å²) in [5.41, 5.74) is 14.6. The fourth-order valence-corrected chi connectivity index (χ4v) is 3.28. The van der Waals surface area contributed by atoms with Gasteiger partial charge in [0.2, 0.25) is 0 Å². The Morgan fingerprint density at radius 3 is 1.96 bits per heavy atom. The van der Waals surface area contributed by atoms with Crippen LogP contribution < -0.4 is 5.73 Å². The second-order valence-corrected chi connectivity index (χ2v) is 6.36. The highest BCUT2D eigenvalue weighted by Gasteiger charge is 2.07. The molecule has 0 unspecified atom stereocenters. The number of hydrogen-bond donors (Lipinski definition) is 3. The Hall–Kier alpha value is -3.44. The fourth-order valence-electron chi connectivity index (χ4n) is 3.28. The SMILES string of the molecule is NCc1c2nc(cc3ccc(cc4nc(cc5ccc1[nH]5)C=C4)[nH]3)C=C2. The largest absolute Gasteiger partial charge is 0.355 e. The third-order valence-corrected chi connectivity index (χ3v) is 4.53. The van der Waals surface area contributed by atoms with Gasteiger partial charge in [-0.1, -0.05) is 0 Å². The Kier molecular flexibility index (Phi) is 3.33. The maximum Gasteiger partial charge on any atom is 0.0703 e. The Balaban J connectivity index is 1.88. The molecule has 5 heterocycles. The summed E-state index contributed by atoms with van der Waals surface area (Å²) < 4.78 is 0. The number of aromatic nitrogens is 4. The molecular weight excluding hydrogens is 322 g/mol. The lowest BCUT2D eigenvalue weighted by atomic mass is 10.2. The van der Waals surface area contributed by atoms with Crippen molar-refractivity contribution in [3.8, 4) is 0 Å². The van der Waals surface area contributed by atoms with Crippen LogP contribution in [0.25, 0.3) is 46.4 Å². The molecule has 5 rings (SSSR count). The molecule has 2 aliphatic heterocycles. The van der Waals surface area contributed by atoms with Gasteiger partial charge in [-0.3, -0.25) is 0 Å². The quantitative estimate of drug-likeness (QED) is 0.430. The van der Waals surface area contributed by atoms with Gasteiger partial charge in [0, 0.05) is 34.2 Å². The monoisotopic (exact) mass is 339 g/mol. The van der Waals surface area contributed by atoms with Crippen molar-refractivity contribution in [2.45, 2.75) is 6.54 Å². The van der Waals surface area contributed by atoms with Crippen molar-refractivity contribution in [1.82, 2.24) is 19.9 Å². The van der Waals surface area contributed by atoms with Crippen molar-refractivity contribution in [3.05, 3.63) is 70.8 Å². The van der Waals surface area contributed by atoms with Gasteiger partial charge in [0.1, 0.15) is 0 Å². The van der Waals surface area contributed by atoms with Gasteiger partial charge in [-0.05, 0) is 66.8 Å². The highest BCUT2D eigenvalue weighted by atomic mass is 14.8. The molecule has 8 bridgehead atoms. The second-order valence-electron chi connectivity index (χ2n) is 6.36. The van der Waals surface area contributed by atoms with E-state index in [1.165, 1.54) is 0 Å². The van der Waals surface area contributed by atoms with E-state index in [1.54, 1.807) is 0 Å². The smallest absolute Gasteiger partial charge is 0.0703 e. The van der Waals surface area contributed by atoms with Crippen molar-refractivity contribution in [2.75, 3.05) is 0 Å². The zero-order valence-electron chi connectivity index (χ0n) is 14.0. The molecule has 0 atom stereocenters. The molecule has 0 amide bonds. The van der Waals surface area contributed by atoms with Gasteiger partial charge in [-0.2, -0.15) is 0 Å². The first-order chi connectivity index (χ1) is 12.8. The molecule has 3 aromatic rings. The van der Waals surface area contributed by atoms with E-state index in [1.807, 2.05) is 66.8 Å². The number of nitrogens with zero attached hydrogens (tertiary/aromatic N) is 2. The van der Waals surface area contributed by atoms with Crippen LogP contribution in [0.3, 0.4) is 0 Å². The minimum Gasteiger partial charge on any atom is -0.355 e. The van der Waals surface area contributed by atoms with E-state index >= 15 is 0 Å². The summed E-state index contributed by atoms with van der Waals surface area (Å²) >= 11 is 0. The van der Waals surface area contributed by atoms with E-state index in [2.05, 4.69) is 15.0 Å². The Labute approximate surface area is 150 Å². The van der Waals surface area contributed by atoms with Gasteiger partial charge in [0.15, 0.2) is 0 Å². The number of nitrogens with two attached hydrogens (primary N) is 1. The molecule has 0 aromatic carbocycles. The molecule has 4 N–H and O–H groups in total. The molecule has 126 valence electrons. The van der Waals surface area contributed by atoms with Crippen LogP contribution in [0.1, 0.15) is 28.3 Å². The first-order valence-electron chi connectivity index (χ1n) is 8.53. The molecule has 26 heavy (non-hydrogen) atoms. The van der Waals surface area contributed by atoms with Crippen molar-refractivity contribution >= 4 is 46.4 Å². The molecule has 5 nitrogen and oxygen atoms in total. The average molecular weight is 339 g/mol. The summed E-state index contributed by atoms with van der Waals surface area (Å²) in [6, 6.07) is 14.2. The van der Waals surface area contributed by atoms with E-state index in [4.69, 9.17) is 10.7 Å². The highest BCUT2D eigenvalue weighted by Crippen LogP contribution is 2.20. The molecule has 0 fully saturated rings. The van der Waals surface area contributed by atoms with Crippen LogP contribution in [0.2, 0.25) is 0 Å².